The molecule has 1 amide bonds. The normalized spacial score (nSPS) is 22.0. The number of likely N-dealkylation sites (tertiary alicyclic amines) is 2. The van der Waals surface area contributed by atoms with Crippen LogP contribution >= 0.6 is 0 Å². The second kappa shape index (κ2) is 7.52. The Morgan fingerprint density at radius 3 is 2.79 bits per heavy atom. The van der Waals surface area contributed by atoms with E-state index in [0.717, 1.165) is 50.5 Å². The maximum Gasteiger partial charge on any atom is 0.272 e. The van der Waals surface area contributed by atoms with Crippen LogP contribution in [0.5, 0.6) is 5.75 Å². The fourth-order valence-electron chi connectivity index (χ4n) is 4.80. The Bertz CT molecular complexity index is 1020. The summed E-state index contributed by atoms with van der Waals surface area (Å²) in [7, 11) is 1.63. The minimum Gasteiger partial charge on any atom is -0.497 e. The molecule has 6 nitrogen and oxygen atoms in total. The monoisotopic (exact) mass is 390 g/mol. The van der Waals surface area contributed by atoms with Gasteiger partial charge in [0.2, 0.25) is 0 Å². The first kappa shape index (κ1) is 18.2. The zero-order valence-electron chi connectivity index (χ0n) is 16.7. The Hall–Kier alpha value is -2.86. The van der Waals surface area contributed by atoms with Gasteiger partial charge in [-0.1, -0.05) is 30.3 Å². The second-order valence-electron chi connectivity index (χ2n) is 8.18. The van der Waals surface area contributed by atoms with Crippen molar-refractivity contribution >= 4 is 11.6 Å². The van der Waals surface area contributed by atoms with Crippen molar-refractivity contribution in [1.82, 2.24) is 19.2 Å². The molecule has 5 rings (SSSR count). The lowest BCUT2D eigenvalue weighted by molar-refractivity contribution is 0.0777. The third-order valence-corrected chi connectivity index (χ3v) is 6.36. The summed E-state index contributed by atoms with van der Waals surface area (Å²) in [5, 5.41) is 0. The van der Waals surface area contributed by atoms with Gasteiger partial charge in [-0.25, -0.2) is 4.98 Å². The van der Waals surface area contributed by atoms with E-state index in [9.17, 15) is 4.79 Å². The van der Waals surface area contributed by atoms with E-state index in [0.29, 0.717) is 17.5 Å². The second-order valence-corrected chi connectivity index (χ2v) is 8.18. The summed E-state index contributed by atoms with van der Waals surface area (Å²) in [4.78, 5) is 22.2. The van der Waals surface area contributed by atoms with Crippen LogP contribution in [0.3, 0.4) is 0 Å². The van der Waals surface area contributed by atoms with Gasteiger partial charge in [-0.2, -0.15) is 0 Å². The Morgan fingerprint density at radius 2 is 1.97 bits per heavy atom. The van der Waals surface area contributed by atoms with Crippen LogP contribution in [0.2, 0.25) is 0 Å². The lowest BCUT2D eigenvalue weighted by Crippen LogP contribution is -2.39. The highest BCUT2D eigenvalue weighted by atomic mass is 16.5. The van der Waals surface area contributed by atoms with Crippen molar-refractivity contribution in [3.05, 3.63) is 66.1 Å². The lowest BCUT2D eigenvalue weighted by atomic mass is 9.88. The van der Waals surface area contributed by atoms with E-state index in [1.54, 1.807) is 13.3 Å². The van der Waals surface area contributed by atoms with Gasteiger partial charge in [0.15, 0.2) is 0 Å². The molecule has 2 aliphatic heterocycles. The number of amides is 1. The van der Waals surface area contributed by atoms with Gasteiger partial charge in [0.1, 0.15) is 17.1 Å². The number of methoxy groups -OCH3 is 1. The molecule has 2 unspecified atom stereocenters. The van der Waals surface area contributed by atoms with E-state index in [2.05, 4.69) is 40.2 Å². The Labute approximate surface area is 170 Å². The highest BCUT2D eigenvalue weighted by Crippen LogP contribution is 2.32. The standard InChI is InChI=1S/C23H26N4O2/c1-29-20-8-10-27-21(12-24-22(27)11-20)23(28)26-15-18-7-9-25(14-19(18)16-26)13-17-5-3-2-4-6-17/h2-6,8,10-12,18-19H,7,9,13-16H2,1H3. The van der Waals surface area contributed by atoms with Crippen LogP contribution < -0.4 is 4.74 Å². The van der Waals surface area contributed by atoms with Crippen LogP contribution in [0, 0.1) is 11.8 Å². The van der Waals surface area contributed by atoms with Crippen LogP contribution in [0.1, 0.15) is 22.5 Å². The van der Waals surface area contributed by atoms with Crippen molar-refractivity contribution in [1.29, 1.82) is 0 Å². The average Bonchev–Trinajstić information content (AvgIpc) is 3.37. The quantitative estimate of drug-likeness (QED) is 0.687. The van der Waals surface area contributed by atoms with Crippen molar-refractivity contribution in [2.24, 2.45) is 11.8 Å². The molecule has 1 aromatic carbocycles. The van der Waals surface area contributed by atoms with Crippen LogP contribution in [0.25, 0.3) is 5.65 Å². The molecule has 2 aliphatic rings. The molecule has 0 bridgehead atoms. The Morgan fingerprint density at radius 1 is 1.14 bits per heavy atom. The van der Waals surface area contributed by atoms with Gasteiger partial charge in [-0.15, -0.1) is 0 Å². The SMILES string of the molecule is COc1ccn2c(C(=O)N3CC4CCN(Cc5ccccc5)CC4C3)cnc2c1. The fraction of sp³-hybridized carbons (Fsp3) is 0.391. The molecule has 3 aromatic rings. The minimum absolute atomic E-state index is 0.0756. The molecule has 2 saturated heterocycles. The first-order valence-corrected chi connectivity index (χ1v) is 10.3. The number of hydrogen-bond acceptors (Lipinski definition) is 4. The molecule has 0 saturated carbocycles. The van der Waals surface area contributed by atoms with Crippen molar-refractivity contribution in [2.75, 3.05) is 33.3 Å². The van der Waals surface area contributed by atoms with Gasteiger partial charge in [0.05, 0.1) is 13.3 Å². The molecule has 2 atom stereocenters. The first-order chi connectivity index (χ1) is 14.2. The van der Waals surface area contributed by atoms with Crippen LogP contribution in [0.4, 0.5) is 0 Å². The number of carbonyl (C=O) groups is 1. The molecule has 2 aromatic heterocycles. The number of nitrogens with zero attached hydrogens (tertiary/aromatic N) is 4. The Kier molecular flexibility index (Phi) is 4.72. The number of aromatic nitrogens is 2. The first-order valence-electron chi connectivity index (χ1n) is 10.3. The number of ether oxygens (including phenoxy) is 1. The number of pyridine rings is 1. The summed E-state index contributed by atoms with van der Waals surface area (Å²) < 4.78 is 7.11. The summed E-state index contributed by atoms with van der Waals surface area (Å²) in [5.41, 5.74) is 2.72. The molecule has 0 N–H and O–H groups in total. The third-order valence-electron chi connectivity index (χ3n) is 6.36. The van der Waals surface area contributed by atoms with Gasteiger partial charge in [0.25, 0.3) is 5.91 Å². The summed E-state index contributed by atoms with van der Waals surface area (Å²) in [5.74, 6) is 1.97. The van der Waals surface area contributed by atoms with Crippen molar-refractivity contribution in [2.45, 2.75) is 13.0 Å². The molecular formula is C23H26N4O2. The molecule has 150 valence electrons. The number of hydrogen-bond donors (Lipinski definition) is 0. The summed E-state index contributed by atoms with van der Waals surface area (Å²) in [6, 6.07) is 14.4. The number of carbonyl (C=O) groups excluding carboxylic acids is 1. The number of imidazole rings is 1. The zero-order valence-corrected chi connectivity index (χ0v) is 16.7. The molecule has 29 heavy (non-hydrogen) atoms. The smallest absolute Gasteiger partial charge is 0.272 e. The van der Waals surface area contributed by atoms with Crippen LogP contribution in [-0.2, 0) is 6.54 Å². The molecule has 0 aliphatic carbocycles. The molecule has 6 heteroatoms. The predicted molar refractivity (Wildman–Crippen MR) is 111 cm³/mol. The summed E-state index contributed by atoms with van der Waals surface area (Å²) in [6.07, 6.45) is 4.70. The van der Waals surface area contributed by atoms with Crippen LogP contribution in [-0.4, -0.2) is 58.4 Å². The van der Waals surface area contributed by atoms with E-state index in [-0.39, 0.29) is 5.91 Å². The Balaban J connectivity index is 1.27. The van der Waals surface area contributed by atoms with Gasteiger partial charge < -0.3 is 9.64 Å². The number of benzene rings is 1. The minimum atomic E-state index is 0.0756. The van der Waals surface area contributed by atoms with Gasteiger partial charge in [-0.3, -0.25) is 14.1 Å². The highest BCUT2D eigenvalue weighted by molar-refractivity contribution is 5.93. The summed E-state index contributed by atoms with van der Waals surface area (Å²) >= 11 is 0. The average molecular weight is 390 g/mol. The van der Waals surface area contributed by atoms with Gasteiger partial charge in [-0.05, 0) is 36.4 Å². The van der Waals surface area contributed by atoms with Gasteiger partial charge in [0, 0.05) is 38.4 Å². The van der Waals surface area contributed by atoms with E-state index in [1.807, 2.05) is 27.6 Å². The van der Waals surface area contributed by atoms with Gasteiger partial charge >= 0.3 is 0 Å². The van der Waals surface area contributed by atoms with E-state index in [1.165, 1.54) is 5.56 Å². The number of rotatable bonds is 4. The molecule has 4 heterocycles. The number of fused-ring (bicyclic) bond motifs is 2. The third kappa shape index (κ3) is 3.49. The predicted octanol–water partition coefficient (Wildman–Crippen LogP) is 2.94. The largest absolute Gasteiger partial charge is 0.497 e. The maximum absolute atomic E-state index is 13.2. The van der Waals surface area contributed by atoms with E-state index in [4.69, 9.17) is 4.74 Å². The van der Waals surface area contributed by atoms with E-state index < -0.39 is 0 Å². The summed E-state index contributed by atoms with van der Waals surface area (Å²) in [6.45, 7) is 4.85. The van der Waals surface area contributed by atoms with E-state index >= 15 is 0 Å². The fourth-order valence-corrected chi connectivity index (χ4v) is 4.80. The van der Waals surface area contributed by atoms with Crippen molar-refractivity contribution < 1.29 is 9.53 Å². The van der Waals surface area contributed by atoms with Crippen molar-refractivity contribution in [3.8, 4) is 5.75 Å². The highest BCUT2D eigenvalue weighted by Gasteiger charge is 2.39. The molecule has 0 spiro atoms. The van der Waals surface area contributed by atoms with Crippen molar-refractivity contribution in [3.63, 3.8) is 0 Å². The van der Waals surface area contributed by atoms with Crippen LogP contribution in [0.15, 0.2) is 54.9 Å². The molecule has 2 fully saturated rings. The topological polar surface area (TPSA) is 50.1 Å². The molecular weight excluding hydrogens is 364 g/mol. The maximum atomic E-state index is 13.2. The molecule has 0 radical (unpaired) electrons. The zero-order chi connectivity index (χ0) is 19.8. The number of piperidine rings is 1. The lowest BCUT2D eigenvalue weighted by Gasteiger charge is -2.34.